The molecule has 0 aliphatic heterocycles. The first-order valence-electron chi connectivity index (χ1n) is 6.29. The Kier molecular flexibility index (Phi) is 3.37. The molecule has 0 fully saturated rings. The molecule has 0 aliphatic carbocycles. The lowest BCUT2D eigenvalue weighted by atomic mass is 10.1. The predicted molar refractivity (Wildman–Crippen MR) is 79.4 cm³/mol. The number of fused-ring (bicyclic) bond motifs is 1. The molecule has 3 rings (SSSR count). The van der Waals surface area contributed by atoms with E-state index in [4.69, 9.17) is 0 Å². The maximum atomic E-state index is 4.32. The van der Waals surface area contributed by atoms with Gasteiger partial charge in [-0.1, -0.05) is 24.3 Å². The molecule has 1 aromatic carbocycles. The predicted octanol–water partition coefficient (Wildman–Crippen LogP) is 3.58. The smallest absolute Gasteiger partial charge is 0.206 e. The van der Waals surface area contributed by atoms with Gasteiger partial charge in [-0.05, 0) is 30.7 Å². The monoisotopic (exact) mass is 270 g/mol. The Bertz CT molecular complexity index is 692. The zero-order valence-electron chi connectivity index (χ0n) is 10.6. The van der Waals surface area contributed by atoms with Gasteiger partial charge >= 0.3 is 0 Å². The van der Waals surface area contributed by atoms with Crippen LogP contribution in [0, 0.1) is 0 Å². The minimum absolute atomic E-state index is 0.878. The van der Waals surface area contributed by atoms with Crippen molar-refractivity contribution in [2.45, 2.75) is 13.3 Å². The van der Waals surface area contributed by atoms with Crippen LogP contribution in [0.4, 0.5) is 5.13 Å². The molecule has 1 N–H and O–H groups in total. The van der Waals surface area contributed by atoms with Gasteiger partial charge in [0.1, 0.15) is 5.01 Å². The lowest BCUT2D eigenvalue weighted by Crippen LogP contribution is -1.98. The molecule has 0 atom stereocenters. The van der Waals surface area contributed by atoms with Crippen LogP contribution in [0.5, 0.6) is 0 Å². The molecule has 3 aromatic rings. The molecule has 96 valence electrons. The van der Waals surface area contributed by atoms with Gasteiger partial charge in [0.15, 0.2) is 0 Å². The number of pyridine rings is 1. The molecule has 0 bridgehead atoms. The Balaban J connectivity index is 1.92. The number of hydrogen-bond donors (Lipinski definition) is 1. The number of rotatable bonds is 4. The van der Waals surface area contributed by atoms with Gasteiger partial charge in [-0.3, -0.25) is 4.98 Å². The quantitative estimate of drug-likeness (QED) is 0.787. The first-order chi connectivity index (χ1) is 9.36. The van der Waals surface area contributed by atoms with Crippen LogP contribution in [0.2, 0.25) is 0 Å². The van der Waals surface area contributed by atoms with Crippen LogP contribution >= 0.6 is 11.3 Å². The van der Waals surface area contributed by atoms with Crippen molar-refractivity contribution < 1.29 is 0 Å². The molecule has 0 saturated carbocycles. The minimum Gasteiger partial charge on any atom is -0.360 e. The van der Waals surface area contributed by atoms with Gasteiger partial charge in [-0.15, -0.1) is 10.2 Å². The number of nitrogens with one attached hydrogen (secondary N) is 1. The normalized spacial score (nSPS) is 10.8. The highest BCUT2D eigenvalue weighted by Gasteiger charge is 2.06. The molecule has 0 amide bonds. The summed E-state index contributed by atoms with van der Waals surface area (Å²) in [6, 6.07) is 10.2. The first kappa shape index (κ1) is 12.0. The van der Waals surface area contributed by atoms with Gasteiger partial charge in [-0.25, -0.2) is 0 Å². The highest BCUT2D eigenvalue weighted by Crippen LogP contribution is 2.28. The average Bonchev–Trinajstić information content (AvgIpc) is 2.93. The largest absolute Gasteiger partial charge is 0.360 e. The lowest BCUT2D eigenvalue weighted by molar-refractivity contribution is 0.964. The van der Waals surface area contributed by atoms with E-state index >= 15 is 0 Å². The van der Waals surface area contributed by atoms with Gasteiger partial charge in [-0.2, -0.15) is 0 Å². The Morgan fingerprint density at radius 3 is 3.05 bits per heavy atom. The van der Waals surface area contributed by atoms with Crippen molar-refractivity contribution in [2.75, 3.05) is 11.9 Å². The van der Waals surface area contributed by atoms with Crippen LogP contribution in [0.15, 0.2) is 36.5 Å². The number of aromatic nitrogens is 3. The van der Waals surface area contributed by atoms with E-state index in [1.54, 1.807) is 17.5 Å². The highest BCUT2D eigenvalue weighted by atomic mass is 32.1. The Morgan fingerprint density at radius 1 is 1.21 bits per heavy atom. The third-order valence-electron chi connectivity index (χ3n) is 2.80. The Morgan fingerprint density at radius 2 is 2.16 bits per heavy atom. The zero-order valence-corrected chi connectivity index (χ0v) is 11.4. The Labute approximate surface area is 115 Å². The maximum Gasteiger partial charge on any atom is 0.206 e. The zero-order chi connectivity index (χ0) is 13.1. The second-order valence-corrected chi connectivity index (χ2v) is 5.23. The van der Waals surface area contributed by atoms with Crippen molar-refractivity contribution in [1.82, 2.24) is 15.2 Å². The van der Waals surface area contributed by atoms with Crippen molar-refractivity contribution in [1.29, 1.82) is 0 Å². The van der Waals surface area contributed by atoms with E-state index < -0.39 is 0 Å². The van der Waals surface area contributed by atoms with Gasteiger partial charge in [0.2, 0.25) is 5.13 Å². The molecule has 2 aromatic heterocycles. The number of benzene rings is 1. The molecule has 0 radical (unpaired) electrons. The molecule has 4 nitrogen and oxygen atoms in total. The molecule has 0 aliphatic rings. The fourth-order valence-corrected chi connectivity index (χ4v) is 2.62. The summed E-state index contributed by atoms with van der Waals surface area (Å²) in [4.78, 5) is 4.32. The summed E-state index contributed by atoms with van der Waals surface area (Å²) < 4.78 is 0. The molecule has 0 spiro atoms. The summed E-state index contributed by atoms with van der Waals surface area (Å²) in [5.74, 6) is 0. The highest BCUT2D eigenvalue weighted by molar-refractivity contribution is 7.18. The maximum absolute atomic E-state index is 4.32. The van der Waals surface area contributed by atoms with E-state index in [9.17, 15) is 0 Å². The molecule has 2 heterocycles. The van der Waals surface area contributed by atoms with E-state index in [-0.39, 0.29) is 0 Å². The van der Waals surface area contributed by atoms with Crippen molar-refractivity contribution >= 4 is 27.4 Å². The number of hydrogen-bond acceptors (Lipinski definition) is 5. The fraction of sp³-hybridized carbons (Fsp3) is 0.214. The van der Waals surface area contributed by atoms with Crippen LogP contribution < -0.4 is 5.32 Å². The van der Waals surface area contributed by atoms with Crippen LogP contribution in [-0.4, -0.2) is 21.7 Å². The van der Waals surface area contributed by atoms with Crippen molar-refractivity contribution in [3.63, 3.8) is 0 Å². The summed E-state index contributed by atoms with van der Waals surface area (Å²) in [5, 5.41) is 14.6. The van der Waals surface area contributed by atoms with Crippen molar-refractivity contribution in [3.8, 4) is 10.6 Å². The van der Waals surface area contributed by atoms with E-state index in [1.165, 1.54) is 0 Å². The summed E-state index contributed by atoms with van der Waals surface area (Å²) in [6.07, 6.45) is 2.89. The van der Waals surface area contributed by atoms with Gasteiger partial charge in [0.25, 0.3) is 0 Å². The van der Waals surface area contributed by atoms with Gasteiger partial charge in [0, 0.05) is 23.7 Å². The van der Waals surface area contributed by atoms with Crippen LogP contribution in [0.1, 0.15) is 13.3 Å². The first-order valence-corrected chi connectivity index (χ1v) is 7.11. The van der Waals surface area contributed by atoms with Crippen molar-refractivity contribution in [3.05, 3.63) is 36.5 Å². The summed E-state index contributed by atoms with van der Waals surface area (Å²) >= 11 is 1.58. The second kappa shape index (κ2) is 5.32. The molecular formula is C14H14N4S. The van der Waals surface area contributed by atoms with E-state index in [1.807, 2.05) is 18.2 Å². The standard InChI is InChI=1S/C14H14N4S/c1-2-7-16-14-18-17-13(19-14)11-5-6-12-10(9-11)4-3-8-15-12/h3-6,8-9H,2,7H2,1H3,(H,16,18). The van der Waals surface area contributed by atoms with E-state index in [0.717, 1.165) is 39.6 Å². The van der Waals surface area contributed by atoms with Crippen LogP contribution in [-0.2, 0) is 0 Å². The average molecular weight is 270 g/mol. The van der Waals surface area contributed by atoms with Gasteiger partial charge < -0.3 is 5.32 Å². The molecular weight excluding hydrogens is 256 g/mol. The van der Waals surface area contributed by atoms with E-state index in [0.29, 0.717) is 0 Å². The molecule has 19 heavy (non-hydrogen) atoms. The minimum atomic E-state index is 0.878. The third-order valence-corrected chi connectivity index (χ3v) is 3.73. The molecule has 0 saturated heterocycles. The van der Waals surface area contributed by atoms with Crippen molar-refractivity contribution in [2.24, 2.45) is 0 Å². The van der Waals surface area contributed by atoms with Crippen LogP contribution in [0.25, 0.3) is 21.5 Å². The number of nitrogens with zero attached hydrogens (tertiary/aromatic N) is 3. The number of anilines is 1. The van der Waals surface area contributed by atoms with E-state index in [2.05, 4.69) is 39.6 Å². The topological polar surface area (TPSA) is 50.7 Å². The SMILES string of the molecule is CCCNc1nnc(-c2ccc3ncccc3c2)s1. The second-order valence-electron chi connectivity index (χ2n) is 4.25. The fourth-order valence-electron chi connectivity index (χ4n) is 1.85. The third kappa shape index (κ3) is 2.56. The molecule has 5 heteroatoms. The summed E-state index contributed by atoms with van der Waals surface area (Å²) in [7, 11) is 0. The summed E-state index contributed by atoms with van der Waals surface area (Å²) in [6.45, 7) is 3.06. The lowest BCUT2D eigenvalue weighted by Gasteiger charge is -1.99. The van der Waals surface area contributed by atoms with Gasteiger partial charge in [0.05, 0.1) is 5.52 Å². The van der Waals surface area contributed by atoms with Crippen LogP contribution in [0.3, 0.4) is 0 Å². The summed E-state index contributed by atoms with van der Waals surface area (Å²) in [5.41, 5.74) is 2.09. The Hall–Kier alpha value is -2.01. The molecule has 0 unspecified atom stereocenters.